The number of carbonyl (C=O) groups excluding carboxylic acids is 2. The van der Waals surface area contributed by atoms with Crippen molar-refractivity contribution < 1.29 is 18.7 Å². The maximum absolute atomic E-state index is 13.8. The first kappa shape index (κ1) is 18.3. The molecule has 0 aromatic heterocycles. The second-order valence-corrected chi connectivity index (χ2v) is 7.26. The predicted octanol–water partition coefficient (Wildman–Crippen LogP) is 3.30. The van der Waals surface area contributed by atoms with E-state index in [4.69, 9.17) is 4.74 Å². The highest BCUT2D eigenvalue weighted by atomic mass is 32.2. The van der Waals surface area contributed by atoms with Crippen molar-refractivity contribution in [2.24, 2.45) is 0 Å². The molecule has 0 bridgehead atoms. The van der Waals surface area contributed by atoms with Crippen LogP contribution in [-0.4, -0.2) is 36.1 Å². The third-order valence-electron chi connectivity index (χ3n) is 4.13. The number of thioether (sulfide) groups is 1. The first-order valence-corrected chi connectivity index (χ1v) is 8.99. The number of amides is 2. The lowest BCUT2D eigenvalue weighted by Gasteiger charge is -2.25. The fourth-order valence-corrected chi connectivity index (χ4v) is 3.81. The van der Waals surface area contributed by atoms with E-state index in [1.807, 2.05) is 24.3 Å². The standard InChI is InChI=1S/C19H19FN2O3S/c1-22(11-12-7-8-15(25-2)13(20)9-12)18(23)10-17-19(24)21-14-5-3-4-6-16(14)26-17/h3-9,17H,10-11H2,1-2H3,(H,21,24)/t17-/m0/s1. The van der Waals surface area contributed by atoms with Crippen molar-refractivity contribution in [2.75, 3.05) is 19.5 Å². The van der Waals surface area contributed by atoms with Crippen LogP contribution < -0.4 is 10.1 Å². The smallest absolute Gasteiger partial charge is 0.238 e. The van der Waals surface area contributed by atoms with Gasteiger partial charge in [0.05, 0.1) is 18.0 Å². The SMILES string of the molecule is COc1ccc(CN(C)C(=O)C[C@@H]2Sc3ccccc3NC2=O)cc1F. The van der Waals surface area contributed by atoms with Crippen LogP contribution >= 0.6 is 11.8 Å². The highest BCUT2D eigenvalue weighted by molar-refractivity contribution is 8.01. The molecule has 0 saturated heterocycles. The molecule has 1 atom stereocenters. The van der Waals surface area contributed by atoms with E-state index in [0.717, 1.165) is 10.6 Å². The summed E-state index contributed by atoms with van der Waals surface area (Å²) in [6.45, 7) is 0.259. The molecule has 1 heterocycles. The van der Waals surface area contributed by atoms with Crippen LogP contribution in [0.25, 0.3) is 0 Å². The largest absolute Gasteiger partial charge is 0.494 e. The molecule has 1 aliphatic rings. The summed E-state index contributed by atoms with van der Waals surface area (Å²) in [5.74, 6) is -0.652. The van der Waals surface area contributed by atoms with Crippen LogP contribution in [0.2, 0.25) is 0 Å². The molecule has 7 heteroatoms. The number of nitrogens with one attached hydrogen (secondary N) is 1. The summed E-state index contributed by atoms with van der Waals surface area (Å²) >= 11 is 1.39. The molecule has 5 nitrogen and oxygen atoms in total. The number of hydrogen-bond acceptors (Lipinski definition) is 4. The lowest BCUT2D eigenvalue weighted by atomic mass is 10.2. The number of halogens is 1. The first-order chi connectivity index (χ1) is 12.5. The maximum Gasteiger partial charge on any atom is 0.238 e. The number of benzene rings is 2. The van der Waals surface area contributed by atoms with Gasteiger partial charge in [0.25, 0.3) is 0 Å². The number of anilines is 1. The normalized spacial score (nSPS) is 15.8. The molecule has 1 N–H and O–H groups in total. The summed E-state index contributed by atoms with van der Waals surface area (Å²) in [7, 11) is 3.04. The molecule has 0 aliphatic carbocycles. The van der Waals surface area contributed by atoms with Crippen molar-refractivity contribution in [3.05, 3.63) is 53.8 Å². The van der Waals surface area contributed by atoms with Crippen LogP contribution in [-0.2, 0) is 16.1 Å². The van der Waals surface area contributed by atoms with Gasteiger partial charge in [-0.1, -0.05) is 18.2 Å². The van der Waals surface area contributed by atoms with Crippen molar-refractivity contribution in [1.29, 1.82) is 0 Å². The average Bonchev–Trinajstić information content (AvgIpc) is 2.62. The Labute approximate surface area is 155 Å². The Bertz CT molecular complexity index is 843. The van der Waals surface area contributed by atoms with Crippen LogP contribution in [0.15, 0.2) is 47.4 Å². The summed E-state index contributed by atoms with van der Waals surface area (Å²) in [4.78, 5) is 27.2. The van der Waals surface area contributed by atoms with Gasteiger partial charge in [-0.25, -0.2) is 4.39 Å². The Hall–Kier alpha value is -2.54. The molecule has 3 rings (SSSR count). The van der Waals surface area contributed by atoms with Gasteiger partial charge in [0, 0.05) is 24.9 Å². The zero-order valence-electron chi connectivity index (χ0n) is 14.5. The molecule has 1 aliphatic heterocycles. The molecule has 2 amide bonds. The second kappa shape index (κ2) is 7.78. The van der Waals surface area contributed by atoms with E-state index in [9.17, 15) is 14.0 Å². The summed E-state index contributed by atoms with van der Waals surface area (Å²) in [5, 5.41) is 2.35. The number of para-hydroxylation sites is 1. The number of nitrogens with zero attached hydrogens (tertiary/aromatic N) is 1. The van der Waals surface area contributed by atoms with Crippen LogP contribution in [0.3, 0.4) is 0 Å². The van der Waals surface area contributed by atoms with E-state index in [1.165, 1.54) is 35.9 Å². The highest BCUT2D eigenvalue weighted by Gasteiger charge is 2.29. The summed E-state index contributed by atoms with van der Waals surface area (Å²) in [6, 6.07) is 12.1. The Morgan fingerprint density at radius 1 is 1.31 bits per heavy atom. The van der Waals surface area contributed by atoms with Crippen molar-refractivity contribution in [1.82, 2.24) is 4.90 Å². The Morgan fingerprint density at radius 2 is 2.08 bits per heavy atom. The quantitative estimate of drug-likeness (QED) is 0.873. The second-order valence-electron chi connectivity index (χ2n) is 6.01. The van der Waals surface area contributed by atoms with Crippen molar-refractivity contribution >= 4 is 29.3 Å². The molecule has 2 aromatic rings. The van der Waals surface area contributed by atoms with Gasteiger partial charge < -0.3 is 15.0 Å². The van der Waals surface area contributed by atoms with Gasteiger partial charge in [0.2, 0.25) is 11.8 Å². The monoisotopic (exact) mass is 374 g/mol. The van der Waals surface area contributed by atoms with Crippen molar-refractivity contribution in [3.8, 4) is 5.75 Å². The molecule has 0 saturated carbocycles. The van der Waals surface area contributed by atoms with Gasteiger partial charge in [0.1, 0.15) is 0 Å². The lowest BCUT2D eigenvalue weighted by Crippen LogP contribution is -2.35. The van der Waals surface area contributed by atoms with Crippen LogP contribution in [0.5, 0.6) is 5.75 Å². The summed E-state index contributed by atoms with van der Waals surface area (Å²) in [5.41, 5.74) is 1.43. The molecule has 136 valence electrons. The minimum Gasteiger partial charge on any atom is -0.494 e. The minimum absolute atomic E-state index is 0.0833. The number of rotatable bonds is 5. The Morgan fingerprint density at radius 3 is 2.81 bits per heavy atom. The number of carbonyl (C=O) groups is 2. The average molecular weight is 374 g/mol. The van der Waals surface area contributed by atoms with Crippen LogP contribution in [0, 0.1) is 5.82 Å². The minimum atomic E-state index is -0.479. The zero-order valence-corrected chi connectivity index (χ0v) is 15.3. The van der Waals surface area contributed by atoms with E-state index in [-0.39, 0.29) is 30.5 Å². The fraction of sp³-hybridized carbons (Fsp3) is 0.263. The predicted molar refractivity (Wildman–Crippen MR) is 98.8 cm³/mol. The molecular weight excluding hydrogens is 355 g/mol. The van der Waals surface area contributed by atoms with E-state index in [2.05, 4.69) is 5.32 Å². The lowest BCUT2D eigenvalue weighted by molar-refractivity contribution is -0.131. The van der Waals surface area contributed by atoms with Gasteiger partial charge in [-0.05, 0) is 29.8 Å². The number of hydrogen-bond donors (Lipinski definition) is 1. The molecule has 0 unspecified atom stereocenters. The van der Waals surface area contributed by atoms with Crippen molar-refractivity contribution in [2.45, 2.75) is 23.1 Å². The summed E-state index contributed by atoms with van der Waals surface area (Å²) < 4.78 is 18.7. The Balaban J connectivity index is 1.62. The van der Waals surface area contributed by atoms with Crippen LogP contribution in [0.1, 0.15) is 12.0 Å². The first-order valence-electron chi connectivity index (χ1n) is 8.11. The maximum atomic E-state index is 13.8. The van der Waals surface area contributed by atoms with Gasteiger partial charge in [-0.15, -0.1) is 11.8 Å². The molecule has 2 aromatic carbocycles. The third-order valence-corrected chi connectivity index (χ3v) is 5.40. The van der Waals surface area contributed by atoms with Crippen LogP contribution in [0.4, 0.5) is 10.1 Å². The van der Waals surface area contributed by atoms with Gasteiger partial charge in [0.15, 0.2) is 11.6 Å². The topological polar surface area (TPSA) is 58.6 Å². The molecule has 0 radical (unpaired) electrons. The fourth-order valence-electron chi connectivity index (χ4n) is 2.71. The molecule has 0 fully saturated rings. The third kappa shape index (κ3) is 3.99. The van der Waals surface area contributed by atoms with E-state index < -0.39 is 11.1 Å². The van der Waals surface area contributed by atoms with Gasteiger partial charge >= 0.3 is 0 Å². The van der Waals surface area contributed by atoms with E-state index in [0.29, 0.717) is 5.56 Å². The molecule has 0 spiro atoms. The Kier molecular flexibility index (Phi) is 5.46. The van der Waals surface area contributed by atoms with E-state index in [1.54, 1.807) is 13.1 Å². The number of fused-ring (bicyclic) bond motifs is 1. The summed E-state index contributed by atoms with van der Waals surface area (Å²) in [6.07, 6.45) is 0.0833. The molecule has 26 heavy (non-hydrogen) atoms. The number of methoxy groups -OCH3 is 1. The van der Waals surface area contributed by atoms with Gasteiger partial charge in [-0.3, -0.25) is 9.59 Å². The molecular formula is C19H19FN2O3S. The van der Waals surface area contributed by atoms with E-state index >= 15 is 0 Å². The highest BCUT2D eigenvalue weighted by Crippen LogP contribution is 2.36. The van der Waals surface area contributed by atoms with Gasteiger partial charge in [-0.2, -0.15) is 0 Å². The van der Waals surface area contributed by atoms with Crippen molar-refractivity contribution in [3.63, 3.8) is 0 Å². The number of ether oxygens (including phenoxy) is 1. The zero-order chi connectivity index (χ0) is 18.7.